The van der Waals surface area contributed by atoms with Gasteiger partial charge in [0.25, 0.3) is 0 Å². The Morgan fingerprint density at radius 2 is 2.09 bits per heavy atom. The van der Waals surface area contributed by atoms with Gasteiger partial charge in [-0.2, -0.15) is 0 Å². The molecular formula is C15H16ClF2N3O2. The van der Waals surface area contributed by atoms with Gasteiger partial charge in [-0.3, -0.25) is 4.79 Å². The summed E-state index contributed by atoms with van der Waals surface area (Å²) in [4.78, 5) is 25.5. The first-order chi connectivity index (χ1) is 10.9. The van der Waals surface area contributed by atoms with Crippen LogP contribution in [0.25, 0.3) is 0 Å². The summed E-state index contributed by atoms with van der Waals surface area (Å²) in [7, 11) is 0. The number of hydrogen-bond donors (Lipinski definition) is 2. The van der Waals surface area contributed by atoms with Crippen molar-refractivity contribution in [1.29, 1.82) is 0 Å². The molecule has 23 heavy (non-hydrogen) atoms. The van der Waals surface area contributed by atoms with Crippen LogP contribution in [-0.4, -0.2) is 36.0 Å². The minimum absolute atomic E-state index is 0.0439. The van der Waals surface area contributed by atoms with Crippen molar-refractivity contribution in [3.63, 3.8) is 0 Å². The minimum Gasteiger partial charge on any atom is -0.339 e. The van der Waals surface area contributed by atoms with E-state index in [0.717, 1.165) is 18.9 Å². The first-order valence-electron chi connectivity index (χ1n) is 7.43. The summed E-state index contributed by atoms with van der Waals surface area (Å²) in [6.45, 7) is 0.941. The number of carbonyl (C=O) groups excluding carboxylic acids is 2. The number of urea groups is 1. The smallest absolute Gasteiger partial charge is 0.319 e. The van der Waals surface area contributed by atoms with Crippen LogP contribution in [0.5, 0.6) is 0 Å². The number of rotatable bonds is 4. The second-order valence-corrected chi connectivity index (χ2v) is 6.33. The van der Waals surface area contributed by atoms with E-state index in [1.165, 1.54) is 0 Å². The maximum atomic E-state index is 13.6. The summed E-state index contributed by atoms with van der Waals surface area (Å²) in [6, 6.07) is 1.29. The van der Waals surface area contributed by atoms with Crippen molar-refractivity contribution in [2.24, 2.45) is 5.92 Å². The van der Waals surface area contributed by atoms with Gasteiger partial charge in [-0.25, -0.2) is 13.6 Å². The molecule has 3 amide bonds. The number of anilines is 1. The van der Waals surface area contributed by atoms with E-state index >= 15 is 0 Å². The molecule has 0 aromatic heterocycles. The van der Waals surface area contributed by atoms with Crippen molar-refractivity contribution in [1.82, 2.24) is 10.2 Å². The number of halogens is 3. The van der Waals surface area contributed by atoms with Crippen molar-refractivity contribution < 1.29 is 18.4 Å². The highest BCUT2D eigenvalue weighted by Gasteiger charge is 2.39. The fourth-order valence-electron chi connectivity index (χ4n) is 2.74. The molecule has 1 aromatic rings. The lowest BCUT2D eigenvalue weighted by molar-refractivity contribution is -0.128. The molecule has 1 saturated carbocycles. The molecule has 1 heterocycles. The minimum atomic E-state index is -0.943. The lowest BCUT2D eigenvalue weighted by Gasteiger charge is -2.16. The average Bonchev–Trinajstić information content (AvgIpc) is 3.24. The van der Waals surface area contributed by atoms with Gasteiger partial charge in [0.2, 0.25) is 5.91 Å². The zero-order chi connectivity index (χ0) is 16.6. The molecule has 2 N–H and O–H groups in total. The lowest BCUT2D eigenvalue weighted by atomic mass is 10.1. The topological polar surface area (TPSA) is 61.4 Å². The third-order valence-corrected chi connectivity index (χ3v) is 4.32. The largest absolute Gasteiger partial charge is 0.339 e. The summed E-state index contributed by atoms with van der Waals surface area (Å²) < 4.78 is 26.5. The summed E-state index contributed by atoms with van der Waals surface area (Å²) >= 11 is 5.71. The molecule has 124 valence electrons. The predicted octanol–water partition coefficient (Wildman–Crippen LogP) is 2.75. The van der Waals surface area contributed by atoms with Crippen molar-refractivity contribution in [3.8, 4) is 0 Å². The van der Waals surface area contributed by atoms with Crippen molar-refractivity contribution in [2.75, 3.05) is 18.4 Å². The molecule has 0 radical (unpaired) electrons. The number of amides is 3. The Morgan fingerprint density at radius 1 is 1.35 bits per heavy atom. The Balaban J connectivity index is 1.51. The number of benzene rings is 1. The summed E-state index contributed by atoms with van der Waals surface area (Å²) in [5.41, 5.74) is -0.271. The van der Waals surface area contributed by atoms with Gasteiger partial charge < -0.3 is 15.5 Å². The van der Waals surface area contributed by atoms with Crippen LogP contribution in [0.1, 0.15) is 19.3 Å². The average molecular weight is 344 g/mol. The number of likely N-dealkylation sites (tertiary alicyclic amines) is 1. The Bertz CT molecular complexity index is 629. The van der Waals surface area contributed by atoms with E-state index in [2.05, 4.69) is 10.6 Å². The predicted molar refractivity (Wildman–Crippen MR) is 81.2 cm³/mol. The second kappa shape index (κ2) is 6.31. The first-order valence-corrected chi connectivity index (χ1v) is 7.80. The molecule has 1 atom stereocenters. The SMILES string of the molecule is O=C(NC[C@@H]1CC(=O)N(C2CC2)C1)Nc1c(F)cc(F)cc1Cl. The Kier molecular flexibility index (Phi) is 4.39. The highest BCUT2D eigenvalue weighted by Crippen LogP contribution is 2.32. The van der Waals surface area contributed by atoms with Crippen LogP contribution in [0.3, 0.4) is 0 Å². The molecule has 2 fully saturated rings. The molecule has 1 aromatic carbocycles. The van der Waals surface area contributed by atoms with Crippen LogP contribution < -0.4 is 10.6 Å². The van der Waals surface area contributed by atoms with Crippen molar-refractivity contribution in [3.05, 3.63) is 28.8 Å². The molecule has 1 saturated heterocycles. The van der Waals surface area contributed by atoms with Crippen LogP contribution in [0.15, 0.2) is 12.1 Å². The zero-order valence-corrected chi connectivity index (χ0v) is 13.0. The van der Waals surface area contributed by atoms with Crippen LogP contribution >= 0.6 is 11.6 Å². The van der Waals surface area contributed by atoms with Gasteiger partial charge >= 0.3 is 6.03 Å². The maximum absolute atomic E-state index is 13.6. The number of nitrogens with zero attached hydrogens (tertiary/aromatic N) is 1. The fraction of sp³-hybridized carbons (Fsp3) is 0.467. The normalized spacial score (nSPS) is 20.7. The van der Waals surface area contributed by atoms with E-state index in [1.807, 2.05) is 4.90 Å². The monoisotopic (exact) mass is 343 g/mol. The van der Waals surface area contributed by atoms with Gasteiger partial charge in [0.05, 0.1) is 10.7 Å². The molecule has 5 nitrogen and oxygen atoms in total. The van der Waals surface area contributed by atoms with E-state index in [0.29, 0.717) is 31.6 Å². The second-order valence-electron chi connectivity index (χ2n) is 5.93. The maximum Gasteiger partial charge on any atom is 0.319 e. The highest BCUT2D eigenvalue weighted by atomic mass is 35.5. The third kappa shape index (κ3) is 3.72. The highest BCUT2D eigenvalue weighted by molar-refractivity contribution is 6.33. The first kappa shape index (κ1) is 16.0. The van der Waals surface area contributed by atoms with E-state index in [1.54, 1.807) is 0 Å². The molecule has 3 rings (SSSR count). The van der Waals surface area contributed by atoms with Gasteiger partial charge in [-0.15, -0.1) is 0 Å². The van der Waals surface area contributed by atoms with Gasteiger partial charge in [0.15, 0.2) is 5.82 Å². The summed E-state index contributed by atoms with van der Waals surface area (Å²) in [5.74, 6) is -1.60. The number of hydrogen-bond acceptors (Lipinski definition) is 2. The van der Waals surface area contributed by atoms with Crippen molar-refractivity contribution >= 4 is 29.2 Å². The quantitative estimate of drug-likeness (QED) is 0.883. The molecule has 2 aliphatic rings. The van der Waals surface area contributed by atoms with Gasteiger partial charge in [-0.05, 0) is 18.9 Å². The Hall–Kier alpha value is -1.89. The van der Waals surface area contributed by atoms with E-state index < -0.39 is 17.7 Å². The van der Waals surface area contributed by atoms with Gasteiger partial charge in [0, 0.05) is 37.5 Å². The van der Waals surface area contributed by atoms with Crippen LogP contribution in [0.2, 0.25) is 5.02 Å². The Labute approximate surface area is 137 Å². The van der Waals surface area contributed by atoms with Gasteiger partial charge in [-0.1, -0.05) is 11.6 Å². The molecular weight excluding hydrogens is 328 g/mol. The fourth-order valence-corrected chi connectivity index (χ4v) is 2.98. The van der Waals surface area contributed by atoms with Crippen molar-refractivity contribution in [2.45, 2.75) is 25.3 Å². The molecule has 0 bridgehead atoms. The molecule has 1 aliphatic heterocycles. The third-order valence-electron chi connectivity index (χ3n) is 4.02. The van der Waals surface area contributed by atoms with Crippen LogP contribution in [0, 0.1) is 17.6 Å². The Morgan fingerprint density at radius 3 is 2.74 bits per heavy atom. The molecule has 8 heteroatoms. The molecule has 0 spiro atoms. The van der Waals surface area contributed by atoms with E-state index in [4.69, 9.17) is 11.6 Å². The van der Waals surface area contributed by atoms with Crippen LogP contribution in [0.4, 0.5) is 19.3 Å². The summed E-state index contributed by atoms with van der Waals surface area (Å²) in [6.07, 6.45) is 2.51. The van der Waals surface area contributed by atoms with Crippen LogP contribution in [-0.2, 0) is 4.79 Å². The van der Waals surface area contributed by atoms with E-state index in [-0.39, 0.29) is 22.5 Å². The molecule has 0 unspecified atom stereocenters. The number of carbonyl (C=O) groups is 2. The van der Waals surface area contributed by atoms with E-state index in [9.17, 15) is 18.4 Å². The van der Waals surface area contributed by atoms with Gasteiger partial charge in [0.1, 0.15) is 5.82 Å². The standard InChI is InChI=1S/C15H16ClF2N3O2/c16-11-4-9(17)5-12(18)14(11)20-15(23)19-6-8-3-13(22)21(7-8)10-1-2-10/h4-5,8,10H,1-3,6-7H2,(H2,19,20,23)/t8-/m0/s1. The lowest BCUT2D eigenvalue weighted by Crippen LogP contribution is -2.34. The number of nitrogens with one attached hydrogen (secondary N) is 2. The summed E-state index contributed by atoms with van der Waals surface area (Å²) in [5, 5.41) is 4.65. The molecule has 1 aliphatic carbocycles. The zero-order valence-electron chi connectivity index (χ0n) is 12.2.